The minimum Gasteiger partial charge on any atom is -0.480 e. The number of amides is 1. The number of nitrogens with one attached hydrogen (secondary N) is 2. The number of benzene rings is 1. The highest BCUT2D eigenvalue weighted by molar-refractivity contribution is 5.99. The Balaban J connectivity index is 1.86. The largest absolute Gasteiger partial charge is 0.480 e. The molecule has 1 aromatic rings. The molecule has 0 aromatic heterocycles. The predicted molar refractivity (Wildman–Crippen MR) is 73.5 cm³/mol. The number of carboxylic acid groups (broad SMARTS) is 1. The van der Waals surface area contributed by atoms with E-state index in [1.54, 1.807) is 6.07 Å². The van der Waals surface area contributed by atoms with Gasteiger partial charge < -0.3 is 15.7 Å². The van der Waals surface area contributed by atoms with Crippen molar-refractivity contribution >= 4 is 11.9 Å². The molecule has 106 valence electrons. The molecular weight excluding hydrogens is 256 g/mol. The lowest BCUT2D eigenvalue weighted by molar-refractivity contribution is -0.148. The van der Waals surface area contributed by atoms with Gasteiger partial charge in [-0.1, -0.05) is 12.1 Å². The van der Waals surface area contributed by atoms with Crippen LogP contribution in [-0.4, -0.2) is 29.1 Å². The zero-order valence-electron chi connectivity index (χ0n) is 11.2. The minimum atomic E-state index is -1.05. The third kappa shape index (κ3) is 2.08. The molecule has 1 aliphatic heterocycles. The maximum Gasteiger partial charge on any atom is 0.329 e. The minimum absolute atomic E-state index is 0.258. The fraction of sp³-hybridized carbons (Fsp3) is 0.467. The van der Waals surface area contributed by atoms with Gasteiger partial charge in [-0.15, -0.1) is 0 Å². The summed E-state index contributed by atoms with van der Waals surface area (Å²) in [7, 11) is 0. The van der Waals surface area contributed by atoms with Crippen molar-refractivity contribution in [2.24, 2.45) is 0 Å². The van der Waals surface area contributed by atoms with Gasteiger partial charge in [0.1, 0.15) is 5.54 Å². The van der Waals surface area contributed by atoms with Crippen LogP contribution in [0.4, 0.5) is 0 Å². The van der Waals surface area contributed by atoms with Crippen molar-refractivity contribution < 1.29 is 14.7 Å². The van der Waals surface area contributed by atoms with Gasteiger partial charge in [-0.3, -0.25) is 4.79 Å². The van der Waals surface area contributed by atoms with E-state index in [0.29, 0.717) is 18.4 Å². The predicted octanol–water partition coefficient (Wildman–Crippen LogP) is 1.07. The second-order valence-electron chi connectivity index (χ2n) is 5.56. The Bertz CT molecular complexity index is 564. The first-order chi connectivity index (χ1) is 9.62. The molecule has 3 N–H and O–H groups in total. The molecule has 20 heavy (non-hydrogen) atoms. The van der Waals surface area contributed by atoms with Gasteiger partial charge in [0.25, 0.3) is 5.91 Å². The third-order valence-electron chi connectivity index (χ3n) is 4.35. The Labute approximate surface area is 117 Å². The average Bonchev–Trinajstić information content (AvgIpc) is 2.41. The molecule has 0 bridgehead atoms. The summed E-state index contributed by atoms with van der Waals surface area (Å²) in [5, 5.41) is 15.3. The van der Waals surface area contributed by atoms with Crippen LogP contribution in [0.1, 0.15) is 40.7 Å². The lowest BCUT2D eigenvalue weighted by Crippen LogP contribution is -2.59. The van der Waals surface area contributed by atoms with Crippen LogP contribution in [0.3, 0.4) is 0 Å². The highest BCUT2D eigenvalue weighted by Gasteiger charge is 2.46. The van der Waals surface area contributed by atoms with Crippen molar-refractivity contribution in [3.63, 3.8) is 0 Å². The first-order valence-electron chi connectivity index (χ1n) is 7.00. The Kier molecular flexibility index (Phi) is 3.22. The summed E-state index contributed by atoms with van der Waals surface area (Å²) in [6, 6.07) is 5.65. The molecule has 1 aromatic carbocycles. The second kappa shape index (κ2) is 4.90. The molecular formula is C15H18N2O3. The summed E-state index contributed by atoms with van der Waals surface area (Å²) >= 11 is 0. The summed E-state index contributed by atoms with van der Waals surface area (Å²) < 4.78 is 0. The van der Waals surface area contributed by atoms with Crippen molar-refractivity contribution in [2.45, 2.75) is 37.8 Å². The molecule has 2 aliphatic rings. The monoisotopic (exact) mass is 274 g/mol. The van der Waals surface area contributed by atoms with Crippen molar-refractivity contribution in [3.8, 4) is 0 Å². The van der Waals surface area contributed by atoms with Crippen LogP contribution in [0, 0.1) is 0 Å². The van der Waals surface area contributed by atoms with E-state index in [4.69, 9.17) is 0 Å². The Morgan fingerprint density at radius 3 is 2.75 bits per heavy atom. The number of hydrogen-bond donors (Lipinski definition) is 3. The SMILES string of the molecule is O=C(NC1(C(=O)O)CCC1)c1cccc2c1CCNC2. The summed E-state index contributed by atoms with van der Waals surface area (Å²) in [4.78, 5) is 23.8. The van der Waals surface area contributed by atoms with Crippen molar-refractivity contribution in [1.29, 1.82) is 0 Å². The lowest BCUT2D eigenvalue weighted by Gasteiger charge is -2.38. The smallest absolute Gasteiger partial charge is 0.329 e. The number of aliphatic carboxylic acids is 1. The fourth-order valence-electron chi connectivity index (χ4n) is 2.95. The van der Waals surface area contributed by atoms with Gasteiger partial charge in [0.2, 0.25) is 0 Å². The number of fused-ring (bicyclic) bond motifs is 1. The molecule has 0 saturated heterocycles. The van der Waals surface area contributed by atoms with Gasteiger partial charge >= 0.3 is 5.97 Å². The first kappa shape index (κ1) is 13.1. The van der Waals surface area contributed by atoms with Gasteiger partial charge in [0.15, 0.2) is 0 Å². The van der Waals surface area contributed by atoms with Gasteiger partial charge in [-0.25, -0.2) is 4.79 Å². The zero-order valence-corrected chi connectivity index (χ0v) is 11.2. The van der Waals surface area contributed by atoms with E-state index in [9.17, 15) is 14.7 Å². The summed E-state index contributed by atoms with van der Waals surface area (Å²) in [5.41, 5.74) is 1.74. The lowest BCUT2D eigenvalue weighted by atomic mass is 9.76. The number of carbonyl (C=O) groups is 2. The standard InChI is InChI=1S/C15H18N2O3/c18-13(17-15(14(19)20)6-2-7-15)12-4-1-3-10-9-16-8-5-11(10)12/h1,3-4,16H,2,5-9H2,(H,17,18)(H,19,20). The van der Waals surface area contributed by atoms with E-state index in [1.165, 1.54) is 0 Å². The highest BCUT2D eigenvalue weighted by atomic mass is 16.4. The molecule has 1 saturated carbocycles. The molecule has 0 unspecified atom stereocenters. The van der Waals surface area contributed by atoms with Crippen LogP contribution in [0.15, 0.2) is 18.2 Å². The van der Waals surface area contributed by atoms with Gasteiger partial charge in [0.05, 0.1) is 0 Å². The first-order valence-corrected chi connectivity index (χ1v) is 7.00. The molecule has 1 aliphatic carbocycles. The van der Waals surface area contributed by atoms with Crippen molar-refractivity contribution in [3.05, 3.63) is 34.9 Å². The molecule has 3 rings (SSSR count). The molecule has 0 radical (unpaired) electrons. The van der Waals surface area contributed by atoms with Crippen LogP contribution in [0.2, 0.25) is 0 Å². The van der Waals surface area contributed by atoms with E-state index in [1.807, 2.05) is 12.1 Å². The van der Waals surface area contributed by atoms with Crippen LogP contribution in [-0.2, 0) is 17.8 Å². The molecule has 1 fully saturated rings. The molecule has 0 spiro atoms. The number of carbonyl (C=O) groups excluding carboxylic acids is 1. The Morgan fingerprint density at radius 1 is 1.30 bits per heavy atom. The second-order valence-corrected chi connectivity index (χ2v) is 5.56. The van der Waals surface area contributed by atoms with Crippen LogP contribution in [0.5, 0.6) is 0 Å². The summed E-state index contributed by atoms with van der Waals surface area (Å²) in [6.07, 6.45) is 2.69. The molecule has 1 amide bonds. The van der Waals surface area contributed by atoms with E-state index >= 15 is 0 Å². The van der Waals surface area contributed by atoms with Gasteiger partial charge in [-0.2, -0.15) is 0 Å². The Morgan fingerprint density at radius 2 is 2.10 bits per heavy atom. The molecule has 5 nitrogen and oxygen atoms in total. The van der Waals surface area contributed by atoms with Gasteiger partial charge in [0, 0.05) is 12.1 Å². The van der Waals surface area contributed by atoms with Crippen LogP contribution in [0.25, 0.3) is 0 Å². The van der Waals surface area contributed by atoms with Crippen molar-refractivity contribution in [1.82, 2.24) is 10.6 Å². The topological polar surface area (TPSA) is 78.4 Å². The molecule has 0 atom stereocenters. The van der Waals surface area contributed by atoms with E-state index in [0.717, 1.165) is 37.1 Å². The number of carboxylic acids is 1. The highest BCUT2D eigenvalue weighted by Crippen LogP contribution is 2.32. The van der Waals surface area contributed by atoms with Crippen LogP contribution >= 0.6 is 0 Å². The zero-order chi connectivity index (χ0) is 14.2. The maximum atomic E-state index is 12.4. The average molecular weight is 274 g/mol. The van der Waals surface area contributed by atoms with E-state index in [-0.39, 0.29) is 5.91 Å². The van der Waals surface area contributed by atoms with Gasteiger partial charge in [-0.05, 0) is 49.4 Å². The van der Waals surface area contributed by atoms with Crippen LogP contribution < -0.4 is 10.6 Å². The van der Waals surface area contributed by atoms with E-state index < -0.39 is 11.5 Å². The van der Waals surface area contributed by atoms with Crippen molar-refractivity contribution in [2.75, 3.05) is 6.54 Å². The molecule has 1 heterocycles. The number of hydrogen-bond acceptors (Lipinski definition) is 3. The normalized spacial score (nSPS) is 19.6. The summed E-state index contributed by atoms with van der Waals surface area (Å²) in [5.74, 6) is -1.19. The quantitative estimate of drug-likeness (QED) is 0.770. The third-order valence-corrected chi connectivity index (χ3v) is 4.35. The molecule has 5 heteroatoms. The Hall–Kier alpha value is -1.88. The summed E-state index contributed by atoms with van der Waals surface area (Å²) in [6.45, 7) is 1.61. The number of rotatable bonds is 3. The maximum absolute atomic E-state index is 12.4. The fourth-order valence-corrected chi connectivity index (χ4v) is 2.95. The van der Waals surface area contributed by atoms with E-state index in [2.05, 4.69) is 10.6 Å².